The molecule has 0 bridgehead atoms. The molecule has 2 atom stereocenters. The monoisotopic (exact) mass is 678 g/mol. The Bertz CT molecular complexity index is 1600. The zero-order valence-corrected chi connectivity index (χ0v) is 26.4. The summed E-state index contributed by atoms with van der Waals surface area (Å²) in [6, 6.07) is 18.6. The molecule has 2 aromatic carbocycles. The molecule has 0 radical (unpaired) electrons. The Labute approximate surface area is 289 Å². The van der Waals surface area contributed by atoms with Crippen molar-refractivity contribution in [3.8, 4) is 0 Å². The van der Waals surface area contributed by atoms with Crippen molar-refractivity contribution >= 4 is 44.9 Å². The number of hydrogen-bond acceptors (Lipinski definition) is 9. The molecule has 2 aromatic heterocycles. The van der Waals surface area contributed by atoms with Gasteiger partial charge in [-0.15, -0.1) is 11.3 Å². The molecule has 0 saturated carbocycles. The summed E-state index contributed by atoms with van der Waals surface area (Å²) >= 11 is 1.26. The zero-order valence-electron chi connectivity index (χ0n) is 25.5. The van der Waals surface area contributed by atoms with Crippen LogP contribution in [-0.4, -0.2) is 65.3 Å². The number of nitrogen functional groups attached to an aromatic ring is 1. The Morgan fingerprint density at radius 2 is 1.73 bits per heavy atom. The lowest BCUT2D eigenvalue weighted by Crippen LogP contribution is -2.44. The maximum Gasteiger partial charge on any atom is 0.260 e. The van der Waals surface area contributed by atoms with E-state index in [0.717, 1.165) is 71.5 Å². The van der Waals surface area contributed by atoms with Gasteiger partial charge in [0.25, 0.3) is 11.8 Å². The fraction of sp³-hybridized carbons (Fsp3) is 0.432. The number of nitrogens with zero attached hydrogens (tertiary/aromatic N) is 2. The molecule has 11 heteroatoms. The third kappa shape index (κ3) is 9.53. The molecule has 2 amide bonds. The topological polar surface area (TPSA) is 167 Å². The van der Waals surface area contributed by atoms with Crippen LogP contribution in [0.2, 0.25) is 0 Å². The molecule has 1 aliphatic rings. The molecule has 1 saturated heterocycles. The van der Waals surface area contributed by atoms with Crippen LogP contribution in [0.15, 0.2) is 60.7 Å². The van der Waals surface area contributed by atoms with Gasteiger partial charge < -0.3 is 37.2 Å². The third-order valence-corrected chi connectivity index (χ3v) is 9.48. The van der Waals surface area contributed by atoms with Gasteiger partial charge in [0, 0.05) is 36.6 Å². The molecule has 0 spiro atoms. The highest BCUT2D eigenvalue weighted by molar-refractivity contribution is 7.21. The number of thiophene rings is 1. The standard InChI is InChI=1S/C34H42N6O4S.3CH4/c1-2-6-24-18-28(39-34-29(24)30(35)31(45-34)32(36)43)40-15-13-25(14-16-40)37-19-27(42)22-9-11-23(12-10-22)33(44)38-26(20-41)17-21-7-4-3-5-8-21;;;/h3-5,7-12,18,25-27,37,41-42H,2,6,13-17,19-20,35H2,1H3,(H2,36,43)(H,38,44);3*1H4/t26-,27?;;;/m0.../s1. The van der Waals surface area contributed by atoms with Gasteiger partial charge in [-0.2, -0.15) is 0 Å². The Kier molecular flexibility index (Phi) is 15.5. The number of aliphatic hydroxyl groups excluding tert-OH is 2. The van der Waals surface area contributed by atoms with Crippen molar-refractivity contribution in [1.29, 1.82) is 0 Å². The number of piperidine rings is 1. The van der Waals surface area contributed by atoms with Crippen molar-refractivity contribution in [1.82, 2.24) is 15.6 Å². The lowest BCUT2D eigenvalue weighted by Gasteiger charge is -2.34. The molecule has 1 fully saturated rings. The van der Waals surface area contributed by atoms with Gasteiger partial charge in [-0.25, -0.2) is 4.98 Å². The van der Waals surface area contributed by atoms with Crippen LogP contribution in [0.1, 0.15) is 91.3 Å². The summed E-state index contributed by atoms with van der Waals surface area (Å²) in [5.41, 5.74) is 15.6. The first-order chi connectivity index (χ1) is 21.8. The number of anilines is 2. The average molecular weight is 679 g/mol. The Balaban J connectivity index is 0.00000267. The van der Waals surface area contributed by atoms with Crippen molar-refractivity contribution in [2.75, 3.05) is 36.9 Å². The highest BCUT2D eigenvalue weighted by atomic mass is 32.1. The number of pyridine rings is 1. The molecule has 4 aromatic rings. The van der Waals surface area contributed by atoms with Gasteiger partial charge in [0.15, 0.2) is 0 Å². The lowest BCUT2D eigenvalue weighted by molar-refractivity contribution is 0.0915. The van der Waals surface area contributed by atoms with Gasteiger partial charge in [-0.3, -0.25) is 9.59 Å². The third-order valence-electron chi connectivity index (χ3n) is 8.37. The van der Waals surface area contributed by atoms with Crippen molar-refractivity contribution in [2.24, 2.45) is 5.73 Å². The van der Waals surface area contributed by atoms with Crippen LogP contribution in [0.5, 0.6) is 0 Å². The second-order valence-electron chi connectivity index (χ2n) is 11.6. The number of benzene rings is 2. The van der Waals surface area contributed by atoms with Crippen LogP contribution in [0.4, 0.5) is 11.5 Å². The Morgan fingerprint density at radius 3 is 2.33 bits per heavy atom. The van der Waals surface area contributed by atoms with E-state index in [-0.39, 0.29) is 46.9 Å². The van der Waals surface area contributed by atoms with Crippen LogP contribution >= 0.6 is 11.3 Å². The maximum atomic E-state index is 12.8. The van der Waals surface area contributed by atoms with Crippen LogP contribution in [0.25, 0.3) is 10.2 Å². The van der Waals surface area contributed by atoms with Gasteiger partial charge in [0.1, 0.15) is 15.5 Å². The Hall–Kier alpha value is -4.03. The smallest absolute Gasteiger partial charge is 0.260 e. The largest absolute Gasteiger partial charge is 0.397 e. The molecule has 48 heavy (non-hydrogen) atoms. The number of rotatable bonds is 13. The minimum absolute atomic E-state index is 0. The summed E-state index contributed by atoms with van der Waals surface area (Å²) in [4.78, 5) is 32.9. The van der Waals surface area contributed by atoms with Crippen molar-refractivity contribution in [3.63, 3.8) is 0 Å². The van der Waals surface area contributed by atoms with E-state index in [2.05, 4.69) is 28.5 Å². The number of carbonyl (C=O) groups excluding carboxylic acids is 2. The summed E-state index contributed by atoms with van der Waals surface area (Å²) in [5, 5.41) is 27.8. The first-order valence-electron chi connectivity index (χ1n) is 15.5. The van der Waals surface area contributed by atoms with E-state index in [0.29, 0.717) is 29.1 Å². The normalized spacial score (nSPS) is 14.3. The van der Waals surface area contributed by atoms with E-state index in [1.165, 1.54) is 11.3 Å². The fourth-order valence-corrected chi connectivity index (χ4v) is 6.88. The van der Waals surface area contributed by atoms with Crippen molar-refractivity contribution in [2.45, 2.75) is 79.5 Å². The summed E-state index contributed by atoms with van der Waals surface area (Å²) in [5.74, 6) is 0.0964. The second kappa shape index (κ2) is 18.5. The molecule has 1 unspecified atom stereocenters. The number of aryl methyl sites for hydroxylation is 1. The molecular weight excluding hydrogens is 625 g/mol. The summed E-state index contributed by atoms with van der Waals surface area (Å²) < 4.78 is 0. The molecule has 5 rings (SSSR count). The van der Waals surface area contributed by atoms with Crippen LogP contribution in [0.3, 0.4) is 0 Å². The number of fused-ring (bicyclic) bond motifs is 1. The Morgan fingerprint density at radius 1 is 1.06 bits per heavy atom. The highest BCUT2D eigenvalue weighted by Crippen LogP contribution is 2.37. The van der Waals surface area contributed by atoms with Crippen LogP contribution in [-0.2, 0) is 12.8 Å². The van der Waals surface area contributed by atoms with E-state index in [1.54, 1.807) is 24.3 Å². The molecule has 262 valence electrons. The molecule has 8 N–H and O–H groups in total. The number of aromatic nitrogens is 1. The number of amides is 2. The predicted molar refractivity (Wildman–Crippen MR) is 200 cm³/mol. The van der Waals surface area contributed by atoms with E-state index in [4.69, 9.17) is 16.5 Å². The van der Waals surface area contributed by atoms with Crippen LogP contribution < -0.4 is 27.0 Å². The number of aliphatic hydroxyl groups is 2. The van der Waals surface area contributed by atoms with E-state index in [1.807, 2.05) is 30.3 Å². The minimum Gasteiger partial charge on any atom is -0.397 e. The van der Waals surface area contributed by atoms with E-state index in [9.17, 15) is 19.8 Å². The van der Waals surface area contributed by atoms with Gasteiger partial charge in [0.05, 0.1) is 24.4 Å². The first kappa shape index (κ1) is 40.1. The van der Waals surface area contributed by atoms with Crippen LogP contribution in [0, 0.1) is 0 Å². The van der Waals surface area contributed by atoms with E-state index >= 15 is 0 Å². The van der Waals surface area contributed by atoms with Gasteiger partial charge in [-0.1, -0.05) is 78.1 Å². The number of primary amides is 1. The SMILES string of the molecule is C.C.C.CCCc1cc(N2CCC(NCC(O)c3ccc(C(=O)N[C@H](CO)Cc4ccccc4)cc3)CC2)nc2sc(C(N)=O)c(N)c12. The molecular formula is C37H54N6O4S. The number of nitrogens with two attached hydrogens (primary N) is 2. The molecule has 0 aliphatic carbocycles. The van der Waals surface area contributed by atoms with Gasteiger partial charge in [0.2, 0.25) is 0 Å². The zero-order chi connectivity index (χ0) is 31.9. The van der Waals surface area contributed by atoms with Gasteiger partial charge in [-0.05, 0) is 60.6 Å². The van der Waals surface area contributed by atoms with Crippen molar-refractivity contribution in [3.05, 3.63) is 87.8 Å². The molecule has 10 nitrogen and oxygen atoms in total. The first-order valence-corrected chi connectivity index (χ1v) is 16.3. The van der Waals surface area contributed by atoms with E-state index < -0.39 is 12.0 Å². The highest BCUT2D eigenvalue weighted by Gasteiger charge is 2.24. The van der Waals surface area contributed by atoms with Gasteiger partial charge >= 0.3 is 0 Å². The maximum absolute atomic E-state index is 12.8. The number of hydrogen-bond donors (Lipinski definition) is 6. The summed E-state index contributed by atoms with van der Waals surface area (Å²) in [7, 11) is 0. The lowest BCUT2D eigenvalue weighted by atomic mass is 10.0. The number of carbonyl (C=O) groups is 2. The molecule has 3 heterocycles. The average Bonchev–Trinajstić information content (AvgIpc) is 3.40. The number of nitrogens with one attached hydrogen (secondary N) is 2. The predicted octanol–water partition coefficient (Wildman–Crippen LogP) is 5.46. The minimum atomic E-state index is -0.715. The fourth-order valence-electron chi connectivity index (χ4n) is 5.89. The molecule has 1 aliphatic heterocycles. The van der Waals surface area contributed by atoms with Crippen molar-refractivity contribution < 1.29 is 19.8 Å². The summed E-state index contributed by atoms with van der Waals surface area (Å²) in [6.45, 7) is 3.97. The quantitative estimate of drug-likeness (QED) is 0.108. The second-order valence-corrected chi connectivity index (χ2v) is 12.6. The summed E-state index contributed by atoms with van der Waals surface area (Å²) in [6.07, 6.45) is 3.39.